The summed E-state index contributed by atoms with van der Waals surface area (Å²) >= 11 is 7.42. The Morgan fingerprint density at radius 1 is 1.11 bits per heavy atom. The van der Waals surface area contributed by atoms with Crippen LogP contribution in [0.3, 0.4) is 0 Å². The first-order valence-corrected chi connectivity index (χ1v) is 10.5. The van der Waals surface area contributed by atoms with Crippen LogP contribution in [0.4, 0.5) is 5.69 Å². The Balaban J connectivity index is 1.81. The number of carbonyl (C=O) groups excluding carboxylic acids is 1. The van der Waals surface area contributed by atoms with Crippen LogP contribution in [0, 0.1) is 0 Å². The van der Waals surface area contributed by atoms with Gasteiger partial charge >= 0.3 is 0 Å². The quantitative estimate of drug-likeness (QED) is 0.501. The first kappa shape index (κ1) is 20.4. The number of para-hydroxylation sites is 1. The minimum Gasteiger partial charge on any atom is -0.312 e. The number of nitrogens with zero attached hydrogens (tertiary/aromatic N) is 4. The van der Waals surface area contributed by atoms with E-state index in [-0.39, 0.29) is 11.2 Å². The van der Waals surface area contributed by atoms with Gasteiger partial charge in [-0.3, -0.25) is 4.79 Å². The number of thioether (sulfide) groups is 1. The zero-order chi connectivity index (χ0) is 20.1. The van der Waals surface area contributed by atoms with Crippen molar-refractivity contribution in [2.45, 2.75) is 37.7 Å². The SMILES string of the molecule is CCN(C(=O)C(C)Sc1nnc(-c2ccc(Cl)cc2)n1CC)c1ccccc1. The molecule has 1 heterocycles. The fourth-order valence-corrected chi connectivity index (χ4v) is 4.08. The molecule has 1 aromatic heterocycles. The average Bonchev–Trinajstić information content (AvgIpc) is 3.12. The second kappa shape index (κ2) is 9.26. The lowest BCUT2D eigenvalue weighted by atomic mass is 10.2. The van der Waals surface area contributed by atoms with Gasteiger partial charge in [0.25, 0.3) is 0 Å². The smallest absolute Gasteiger partial charge is 0.240 e. The Bertz CT molecular complexity index is 927. The highest BCUT2D eigenvalue weighted by Gasteiger charge is 2.24. The summed E-state index contributed by atoms with van der Waals surface area (Å²) in [7, 11) is 0. The molecule has 0 radical (unpaired) electrons. The van der Waals surface area contributed by atoms with Crippen molar-refractivity contribution in [3.63, 3.8) is 0 Å². The lowest BCUT2D eigenvalue weighted by Crippen LogP contribution is -2.36. The van der Waals surface area contributed by atoms with Crippen LogP contribution in [0.1, 0.15) is 20.8 Å². The van der Waals surface area contributed by atoms with E-state index in [4.69, 9.17) is 11.6 Å². The van der Waals surface area contributed by atoms with Crippen LogP contribution in [0.2, 0.25) is 5.02 Å². The zero-order valence-electron chi connectivity index (χ0n) is 16.2. The minimum absolute atomic E-state index is 0.0531. The van der Waals surface area contributed by atoms with E-state index in [2.05, 4.69) is 10.2 Å². The largest absolute Gasteiger partial charge is 0.312 e. The summed E-state index contributed by atoms with van der Waals surface area (Å²) in [6.45, 7) is 7.26. The maximum Gasteiger partial charge on any atom is 0.240 e. The van der Waals surface area contributed by atoms with E-state index in [0.29, 0.717) is 18.1 Å². The number of carbonyl (C=O) groups is 1. The number of hydrogen-bond donors (Lipinski definition) is 0. The van der Waals surface area contributed by atoms with Gasteiger partial charge in [0, 0.05) is 29.4 Å². The van der Waals surface area contributed by atoms with Gasteiger partial charge in [0.15, 0.2) is 11.0 Å². The fourth-order valence-electron chi connectivity index (χ4n) is 2.98. The average molecular weight is 415 g/mol. The minimum atomic E-state index is -0.285. The summed E-state index contributed by atoms with van der Waals surface area (Å²) in [5.74, 6) is 0.828. The summed E-state index contributed by atoms with van der Waals surface area (Å²) in [6.07, 6.45) is 0. The van der Waals surface area contributed by atoms with Crippen molar-refractivity contribution in [3.8, 4) is 11.4 Å². The first-order chi connectivity index (χ1) is 13.5. The van der Waals surface area contributed by atoms with Gasteiger partial charge < -0.3 is 9.47 Å². The molecule has 0 aliphatic rings. The van der Waals surface area contributed by atoms with Gasteiger partial charge in [-0.25, -0.2) is 0 Å². The van der Waals surface area contributed by atoms with E-state index in [1.165, 1.54) is 11.8 Å². The third-order valence-electron chi connectivity index (χ3n) is 4.42. The standard InChI is InChI=1S/C21H23ClN4OS/c1-4-25(18-9-7-6-8-10-18)20(27)15(3)28-21-24-23-19(26(21)5-2)16-11-13-17(22)14-12-16/h6-15H,4-5H2,1-3H3. The van der Waals surface area contributed by atoms with Gasteiger partial charge in [-0.1, -0.05) is 41.6 Å². The molecule has 0 saturated heterocycles. The van der Waals surface area contributed by atoms with Crippen molar-refractivity contribution in [3.05, 3.63) is 59.6 Å². The molecule has 146 valence electrons. The topological polar surface area (TPSA) is 51.0 Å². The maximum atomic E-state index is 13.0. The van der Waals surface area contributed by atoms with E-state index in [1.807, 2.05) is 79.9 Å². The molecule has 3 rings (SSSR count). The molecule has 7 heteroatoms. The van der Waals surface area contributed by atoms with Gasteiger partial charge in [0.05, 0.1) is 5.25 Å². The Morgan fingerprint density at radius 2 is 1.79 bits per heavy atom. The molecule has 0 aliphatic heterocycles. The highest BCUT2D eigenvalue weighted by molar-refractivity contribution is 8.00. The Morgan fingerprint density at radius 3 is 2.39 bits per heavy atom. The van der Waals surface area contributed by atoms with Gasteiger partial charge in [-0.05, 0) is 57.2 Å². The molecule has 1 atom stereocenters. The van der Waals surface area contributed by atoms with E-state index < -0.39 is 0 Å². The second-order valence-corrected chi connectivity index (χ2v) is 7.98. The van der Waals surface area contributed by atoms with Gasteiger partial charge in [0.1, 0.15) is 0 Å². The lowest BCUT2D eigenvalue weighted by Gasteiger charge is -2.24. The molecule has 0 bridgehead atoms. The third kappa shape index (κ3) is 4.39. The van der Waals surface area contributed by atoms with E-state index in [1.54, 1.807) is 4.90 Å². The fraction of sp³-hybridized carbons (Fsp3) is 0.286. The molecule has 1 amide bonds. The molecule has 0 fully saturated rings. The van der Waals surface area contributed by atoms with E-state index in [9.17, 15) is 4.79 Å². The van der Waals surface area contributed by atoms with E-state index in [0.717, 1.165) is 22.2 Å². The van der Waals surface area contributed by atoms with Crippen LogP contribution >= 0.6 is 23.4 Å². The molecule has 28 heavy (non-hydrogen) atoms. The van der Waals surface area contributed by atoms with Crippen molar-refractivity contribution >= 4 is 35.0 Å². The summed E-state index contributed by atoms with van der Waals surface area (Å²) in [5.41, 5.74) is 1.85. The van der Waals surface area contributed by atoms with Crippen LogP contribution in [0.5, 0.6) is 0 Å². The molecule has 0 saturated carbocycles. The normalized spacial score (nSPS) is 12.0. The van der Waals surface area contributed by atoms with E-state index >= 15 is 0 Å². The number of rotatable bonds is 7. The molecule has 2 aromatic carbocycles. The highest BCUT2D eigenvalue weighted by atomic mass is 35.5. The monoisotopic (exact) mass is 414 g/mol. The number of anilines is 1. The van der Waals surface area contributed by atoms with Crippen molar-refractivity contribution in [1.29, 1.82) is 0 Å². The number of benzene rings is 2. The van der Waals surface area contributed by atoms with Crippen LogP contribution in [0.15, 0.2) is 59.8 Å². The van der Waals surface area contributed by atoms with Crippen LogP contribution in [0.25, 0.3) is 11.4 Å². The molecule has 3 aromatic rings. The molecule has 5 nitrogen and oxygen atoms in total. The predicted octanol–water partition coefficient (Wildman–Crippen LogP) is 5.15. The summed E-state index contributed by atoms with van der Waals surface area (Å²) in [6, 6.07) is 17.3. The van der Waals surface area contributed by atoms with Crippen molar-refractivity contribution < 1.29 is 4.79 Å². The lowest BCUT2D eigenvalue weighted by molar-refractivity contribution is -0.117. The van der Waals surface area contributed by atoms with Crippen molar-refractivity contribution in [1.82, 2.24) is 14.8 Å². The Kier molecular flexibility index (Phi) is 6.75. The second-order valence-electron chi connectivity index (χ2n) is 6.24. The Hall–Kier alpha value is -2.31. The van der Waals surface area contributed by atoms with Crippen LogP contribution < -0.4 is 4.90 Å². The number of halogens is 1. The highest BCUT2D eigenvalue weighted by Crippen LogP contribution is 2.29. The number of aromatic nitrogens is 3. The Labute approximate surface area is 174 Å². The van der Waals surface area contributed by atoms with Crippen LogP contribution in [-0.4, -0.2) is 32.5 Å². The molecule has 1 unspecified atom stereocenters. The van der Waals surface area contributed by atoms with Crippen molar-refractivity contribution in [2.75, 3.05) is 11.4 Å². The molecule has 0 N–H and O–H groups in total. The molecule has 0 aliphatic carbocycles. The zero-order valence-corrected chi connectivity index (χ0v) is 17.7. The summed E-state index contributed by atoms with van der Waals surface area (Å²) in [4.78, 5) is 14.8. The number of hydrogen-bond acceptors (Lipinski definition) is 4. The summed E-state index contributed by atoms with van der Waals surface area (Å²) < 4.78 is 2.02. The predicted molar refractivity (Wildman–Crippen MR) is 116 cm³/mol. The molecular weight excluding hydrogens is 392 g/mol. The van der Waals surface area contributed by atoms with Gasteiger partial charge in [-0.2, -0.15) is 0 Å². The van der Waals surface area contributed by atoms with Gasteiger partial charge in [0.2, 0.25) is 5.91 Å². The van der Waals surface area contributed by atoms with Gasteiger partial charge in [-0.15, -0.1) is 10.2 Å². The first-order valence-electron chi connectivity index (χ1n) is 9.27. The molecular formula is C21H23ClN4OS. The number of amides is 1. The third-order valence-corrected chi connectivity index (χ3v) is 5.74. The maximum absolute atomic E-state index is 13.0. The summed E-state index contributed by atoms with van der Waals surface area (Å²) in [5, 5.41) is 9.82. The van der Waals surface area contributed by atoms with Crippen LogP contribution in [-0.2, 0) is 11.3 Å². The van der Waals surface area contributed by atoms with Crippen molar-refractivity contribution in [2.24, 2.45) is 0 Å². The molecule has 0 spiro atoms.